The summed E-state index contributed by atoms with van der Waals surface area (Å²) in [6.45, 7) is 0. The summed E-state index contributed by atoms with van der Waals surface area (Å²) in [6, 6.07) is 11.8. The molecule has 0 aromatic heterocycles. The average Bonchev–Trinajstić information content (AvgIpc) is 2.61. The third kappa shape index (κ3) is 4.41. The highest BCUT2D eigenvalue weighted by Crippen LogP contribution is 2.15. The number of imide groups is 1. The lowest BCUT2D eigenvalue weighted by atomic mass is 10.1. The summed E-state index contributed by atoms with van der Waals surface area (Å²) in [4.78, 5) is 47.4. The van der Waals surface area contributed by atoms with Crippen LogP contribution in [0.3, 0.4) is 0 Å². The van der Waals surface area contributed by atoms with Crippen molar-refractivity contribution >= 4 is 35.1 Å². The van der Waals surface area contributed by atoms with Gasteiger partial charge in [-0.3, -0.25) is 19.7 Å². The molecule has 2 rings (SSSR count). The van der Waals surface area contributed by atoms with Crippen molar-refractivity contribution in [2.24, 2.45) is 0 Å². The number of hydrogen-bond acceptors (Lipinski definition) is 6. The van der Waals surface area contributed by atoms with Crippen LogP contribution in [0.15, 0.2) is 48.5 Å². The third-order valence-electron chi connectivity index (χ3n) is 3.19. The van der Waals surface area contributed by atoms with E-state index in [0.29, 0.717) is 5.69 Å². The van der Waals surface area contributed by atoms with Crippen molar-refractivity contribution in [3.63, 3.8) is 0 Å². The van der Waals surface area contributed by atoms with Gasteiger partial charge in [-0.1, -0.05) is 12.1 Å². The lowest BCUT2D eigenvalue weighted by Crippen LogP contribution is -2.39. The topological polar surface area (TPSA) is 128 Å². The second-order valence-corrected chi connectivity index (χ2v) is 4.90. The van der Waals surface area contributed by atoms with Gasteiger partial charge in [-0.25, -0.2) is 4.79 Å². The highest BCUT2D eigenvalue weighted by molar-refractivity contribution is 6.42. The summed E-state index contributed by atoms with van der Waals surface area (Å²) in [5.41, 5.74) is 6.31. The second kappa shape index (κ2) is 7.73. The van der Waals surface area contributed by atoms with Crippen molar-refractivity contribution in [2.75, 3.05) is 18.2 Å². The Kier molecular flexibility index (Phi) is 5.47. The maximum Gasteiger partial charge on any atom is 0.339 e. The van der Waals surface area contributed by atoms with Gasteiger partial charge in [0, 0.05) is 11.3 Å². The van der Waals surface area contributed by atoms with Gasteiger partial charge in [0.2, 0.25) is 0 Å². The van der Waals surface area contributed by atoms with Gasteiger partial charge in [-0.15, -0.1) is 0 Å². The number of esters is 1. The lowest BCUT2D eigenvalue weighted by molar-refractivity contribution is -0.135. The quantitative estimate of drug-likeness (QED) is 0.433. The van der Waals surface area contributed by atoms with Crippen LogP contribution in [0.5, 0.6) is 0 Å². The predicted octanol–water partition coefficient (Wildman–Crippen LogP) is 0.950. The van der Waals surface area contributed by atoms with E-state index in [0.717, 1.165) is 0 Å². The molecule has 0 bridgehead atoms. The van der Waals surface area contributed by atoms with E-state index in [2.05, 4.69) is 10.1 Å². The number of nitrogens with one attached hydrogen (secondary N) is 2. The van der Waals surface area contributed by atoms with Gasteiger partial charge < -0.3 is 15.8 Å². The Labute approximate surface area is 143 Å². The number of ether oxygens (including phenoxy) is 1. The molecule has 0 saturated carbocycles. The fraction of sp³-hybridized carbons (Fsp3) is 0.0588. The SMILES string of the molecule is COC(=O)c1ccccc1NC(=O)C(=O)NC(=O)c1ccc(N)cc1. The molecule has 0 aliphatic heterocycles. The van der Waals surface area contributed by atoms with Crippen molar-refractivity contribution in [3.05, 3.63) is 59.7 Å². The van der Waals surface area contributed by atoms with Crippen LogP contribution in [0.25, 0.3) is 0 Å². The number of rotatable bonds is 3. The molecule has 0 atom stereocenters. The molecule has 0 spiro atoms. The fourth-order valence-corrected chi connectivity index (χ4v) is 1.93. The molecule has 2 aromatic rings. The summed E-state index contributed by atoms with van der Waals surface area (Å²) >= 11 is 0. The zero-order valence-corrected chi connectivity index (χ0v) is 13.2. The number of carbonyl (C=O) groups excluding carboxylic acids is 4. The van der Waals surface area contributed by atoms with Gasteiger partial charge in [0.25, 0.3) is 5.91 Å². The van der Waals surface area contributed by atoms with Crippen LogP contribution in [0, 0.1) is 0 Å². The second-order valence-electron chi connectivity index (χ2n) is 4.90. The van der Waals surface area contributed by atoms with Crippen molar-refractivity contribution < 1.29 is 23.9 Å². The average molecular weight is 341 g/mol. The molecule has 128 valence electrons. The first-order valence-corrected chi connectivity index (χ1v) is 7.12. The molecule has 0 unspecified atom stereocenters. The van der Waals surface area contributed by atoms with Gasteiger partial charge in [-0.2, -0.15) is 0 Å². The molecule has 0 aliphatic rings. The minimum Gasteiger partial charge on any atom is -0.465 e. The minimum absolute atomic E-state index is 0.0796. The molecule has 0 heterocycles. The Hall–Kier alpha value is -3.68. The van der Waals surface area contributed by atoms with E-state index in [1.165, 1.54) is 43.5 Å². The third-order valence-corrected chi connectivity index (χ3v) is 3.19. The van der Waals surface area contributed by atoms with Gasteiger partial charge in [0.1, 0.15) is 0 Å². The number of anilines is 2. The van der Waals surface area contributed by atoms with E-state index in [-0.39, 0.29) is 16.8 Å². The van der Waals surface area contributed by atoms with Crippen LogP contribution in [-0.2, 0) is 14.3 Å². The van der Waals surface area contributed by atoms with Gasteiger partial charge in [0.05, 0.1) is 18.4 Å². The van der Waals surface area contributed by atoms with Crippen molar-refractivity contribution in [1.29, 1.82) is 0 Å². The highest BCUT2D eigenvalue weighted by Gasteiger charge is 2.20. The maximum atomic E-state index is 11.9. The summed E-state index contributed by atoms with van der Waals surface area (Å²) in [5.74, 6) is -3.68. The zero-order valence-electron chi connectivity index (χ0n) is 13.2. The molecule has 0 radical (unpaired) electrons. The first-order valence-electron chi connectivity index (χ1n) is 7.12. The smallest absolute Gasteiger partial charge is 0.339 e. The number of benzene rings is 2. The number of para-hydroxylation sites is 1. The number of nitrogen functional groups attached to an aromatic ring is 1. The Balaban J connectivity index is 2.06. The predicted molar refractivity (Wildman–Crippen MR) is 89.7 cm³/mol. The fourth-order valence-electron chi connectivity index (χ4n) is 1.93. The Morgan fingerprint density at radius 2 is 1.56 bits per heavy atom. The Bertz CT molecular complexity index is 830. The number of nitrogens with two attached hydrogens (primary N) is 1. The summed E-state index contributed by atoms with van der Waals surface area (Å²) in [5, 5.41) is 4.22. The van der Waals surface area contributed by atoms with Crippen LogP contribution in [0.2, 0.25) is 0 Å². The van der Waals surface area contributed by atoms with Gasteiger partial charge >= 0.3 is 17.8 Å². The van der Waals surface area contributed by atoms with Gasteiger partial charge in [-0.05, 0) is 36.4 Å². The molecule has 25 heavy (non-hydrogen) atoms. The van der Waals surface area contributed by atoms with Crippen LogP contribution in [-0.4, -0.2) is 30.8 Å². The molecular weight excluding hydrogens is 326 g/mol. The van der Waals surface area contributed by atoms with E-state index in [9.17, 15) is 19.2 Å². The van der Waals surface area contributed by atoms with Crippen molar-refractivity contribution in [3.8, 4) is 0 Å². The van der Waals surface area contributed by atoms with Crippen LogP contribution in [0.4, 0.5) is 11.4 Å². The monoisotopic (exact) mass is 341 g/mol. The van der Waals surface area contributed by atoms with E-state index >= 15 is 0 Å². The van der Waals surface area contributed by atoms with Crippen LogP contribution < -0.4 is 16.4 Å². The zero-order chi connectivity index (χ0) is 18.4. The molecule has 8 nitrogen and oxygen atoms in total. The first kappa shape index (κ1) is 17.7. The summed E-state index contributed by atoms with van der Waals surface area (Å²) in [6.07, 6.45) is 0. The Morgan fingerprint density at radius 1 is 0.920 bits per heavy atom. The highest BCUT2D eigenvalue weighted by atomic mass is 16.5. The number of amides is 3. The first-order chi connectivity index (χ1) is 11.9. The maximum absolute atomic E-state index is 11.9. The van der Waals surface area contributed by atoms with E-state index in [1.807, 2.05) is 5.32 Å². The summed E-state index contributed by atoms with van der Waals surface area (Å²) < 4.78 is 4.60. The van der Waals surface area contributed by atoms with Crippen molar-refractivity contribution in [1.82, 2.24) is 5.32 Å². The molecule has 4 N–H and O–H groups in total. The van der Waals surface area contributed by atoms with Crippen molar-refractivity contribution in [2.45, 2.75) is 0 Å². The normalized spacial score (nSPS) is 9.80. The van der Waals surface area contributed by atoms with E-state index in [4.69, 9.17) is 5.73 Å². The standard InChI is InChI=1S/C17H15N3O5/c1-25-17(24)12-4-2-3-5-13(12)19-15(22)16(23)20-14(21)10-6-8-11(18)9-7-10/h2-9H,18H2,1H3,(H,19,22)(H,20,21,23). The number of carbonyl (C=O) groups is 4. The molecular formula is C17H15N3O5. The lowest BCUT2D eigenvalue weighted by Gasteiger charge is -2.09. The molecule has 0 saturated heterocycles. The van der Waals surface area contributed by atoms with Gasteiger partial charge in [0.15, 0.2) is 0 Å². The Morgan fingerprint density at radius 3 is 2.20 bits per heavy atom. The molecule has 3 amide bonds. The minimum atomic E-state index is -1.17. The number of methoxy groups -OCH3 is 1. The van der Waals surface area contributed by atoms with Crippen LogP contribution in [0.1, 0.15) is 20.7 Å². The summed E-state index contributed by atoms with van der Waals surface area (Å²) in [7, 11) is 1.19. The largest absolute Gasteiger partial charge is 0.465 e. The number of hydrogen-bond donors (Lipinski definition) is 3. The van der Waals surface area contributed by atoms with Crippen LogP contribution >= 0.6 is 0 Å². The molecule has 8 heteroatoms. The van der Waals surface area contributed by atoms with E-state index in [1.54, 1.807) is 12.1 Å². The van der Waals surface area contributed by atoms with E-state index < -0.39 is 23.7 Å². The molecule has 2 aromatic carbocycles. The molecule has 0 aliphatic carbocycles. The molecule has 0 fully saturated rings.